The van der Waals surface area contributed by atoms with Gasteiger partial charge in [-0.25, -0.2) is 0 Å². The lowest BCUT2D eigenvalue weighted by molar-refractivity contribution is -0.158. The quantitative estimate of drug-likeness (QED) is 0.488. The number of carbonyl (C=O) groups is 3. The maximum atomic E-state index is 14.4. The zero-order chi connectivity index (χ0) is 27.0. The molecule has 38 heavy (non-hydrogen) atoms. The minimum absolute atomic E-state index is 0.0447. The molecule has 2 N–H and O–H groups in total. The van der Waals surface area contributed by atoms with Gasteiger partial charge in [-0.05, 0) is 78.5 Å². The van der Waals surface area contributed by atoms with Gasteiger partial charge in [-0.3, -0.25) is 14.4 Å². The molecule has 3 aromatic carbocycles. The lowest BCUT2D eigenvalue weighted by atomic mass is 9.87. The van der Waals surface area contributed by atoms with Crippen molar-refractivity contribution in [3.63, 3.8) is 0 Å². The molecule has 198 valence electrons. The molecule has 6 heteroatoms. The van der Waals surface area contributed by atoms with Crippen LogP contribution in [0.1, 0.15) is 56.8 Å². The van der Waals surface area contributed by atoms with Crippen molar-refractivity contribution in [2.24, 2.45) is 11.8 Å². The Bertz CT molecular complexity index is 1340. The molecule has 2 aliphatic rings. The van der Waals surface area contributed by atoms with Crippen molar-refractivity contribution in [2.45, 2.75) is 71.1 Å². The zero-order valence-corrected chi connectivity index (χ0v) is 22.6. The molecule has 0 saturated carbocycles. The SMILES string of the molecule is CC(C)CC1C(=O)NC(C2Cc3ccccc3C2)C(=O)N1C(C(=O)NC(C)C)c1ccc2ccccc2c1. The number of hydrogen-bond acceptors (Lipinski definition) is 3. The van der Waals surface area contributed by atoms with E-state index in [4.69, 9.17) is 0 Å². The third-order valence-electron chi connectivity index (χ3n) is 7.75. The summed E-state index contributed by atoms with van der Waals surface area (Å²) in [4.78, 5) is 43.5. The first-order chi connectivity index (χ1) is 18.2. The minimum Gasteiger partial charge on any atom is -0.352 e. The summed E-state index contributed by atoms with van der Waals surface area (Å²) in [5.41, 5.74) is 3.16. The summed E-state index contributed by atoms with van der Waals surface area (Å²) in [5.74, 6) is -0.497. The van der Waals surface area contributed by atoms with Crippen molar-refractivity contribution in [2.75, 3.05) is 0 Å². The predicted molar refractivity (Wildman–Crippen MR) is 149 cm³/mol. The van der Waals surface area contributed by atoms with Gasteiger partial charge in [0.15, 0.2) is 0 Å². The van der Waals surface area contributed by atoms with E-state index in [2.05, 4.69) is 22.8 Å². The highest BCUT2D eigenvalue weighted by Gasteiger charge is 2.49. The Morgan fingerprint density at radius 2 is 1.55 bits per heavy atom. The van der Waals surface area contributed by atoms with Crippen molar-refractivity contribution in [1.29, 1.82) is 0 Å². The fourth-order valence-electron chi connectivity index (χ4n) is 6.05. The Labute approximate surface area is 224 Å². The number of nitrogens with one attached hydrogen (secondary N) is 2. The molecule has 3 aromatic rings. The van der Waals surface area contributed by atoms with E-state index in [-0.39, 0.29) is 35.6 Å². The second-order valence-corrected chi connectivity index (χ2v) is 11.5. The second-order valence-electron chi connectivity index (χ2n) is 11.5. The average molecular weight is 512 g/mol. The maximum absolute atomic E-state index is 14.4. The molecule has 1 saturated heterocycles. The highest BCUT2D eigenvalue weighted by Crippen LogP contribution is 2.36. The molecule has 0 spiro atoms. The van der Waals surface area contributed by atoms with E-state index in [0.29, 0.717) is 12.0 Å². The van der Waals surface area contributed by atoms with Crippen LogP contribution in [0.4, 0.5) is 0 Å². The third kappa shape index (κ3) is 5.04. The van der Waals surface area contributed by atoms with E-state index in [1.165, 1.54) is 11.1 Å². The van der Waals surface area contributed by atoms with Gasteiger partial charge in [0.1, 0.15) is 18.1 Å². The Kier molecular flexibility index (Phi) is 7.24. The van der Waals surface area contributed by atoms with Crippen LogP contribution in [0, 0.1) is 11.8 Å². The van der Waals surface area contributed by atoms with Gasteiger partial charge < -0.3 is 15.5 Å². The molecular formula is C32H37N3O3. The highest BCUT2D eigenvalue weighted by atomic mass is 16.2. The molecule has 3 atom stereocenters. The number of rotatable bonds is 7. The zero-order valence-electron chi connectivity index (χ0n) is 22.6. The van der Waals surface area contributed by atoms with E-state index in [0.717, 1.165) is 23.6 Å². The summed E-state index contributed by atoms with van der Waals surface area (Å²) in [6, 6.07) is 19.7. The smallest absolute Gasteiger partial charge is 0.247 e. The van der Waals surface area contributed by atoms with Crippen molar-refractivity contribution < 1.29 is 14.4 Å². The fourth-order valence-corrected chi connectivity index (χ4v) is 6.05. The Morgan fingerprint density at radius 1 is 0.921 bits per heavy atom. The molecule has 6 nitrogen and oxygen atoms in total. The Hall–Kier alpha value is -3.67. The first-order valence-corrected chi connectivity index (χ1v) is 13.7. The van der Waals surface area contributed by atoms with Crippen molar-refractivity contribution in [3.8, 4) is 0 Å². The number of nitrogens with zero attached hydrogens (tertiary/aromatic N) is 1. The van der Waals surface area contributed by atoms with Crippen LogP contribution in [0.5, 0.6) is 0 Å². The molecule has 3 unspecified atom stereocenters. The first kappa shape index (κ1) is 26.0. The van der Waals surface area contributed by atoms with Crippen LogP contribution in [0.3, 0.4) is 0 Å². The number of carbonyl (C=O) groups excluding carboxylic acids is 3. The van der Waals surface area contributed by atoms with Crippen molar-refractivity contribution in [3.05, 3.63) is 83.4 Å². The van der Waals surface area contributed by atoms with E-state index in [1.54, 1.807) is 4.90 Å². The number of benzene rings is 3. The van der Waals surface area contributed by atoms with Gasteiger partial charge in [0, 0.05) is 6.04 Å². The standard InChI is InChI=1S/C32H37N3O3/c1-19(2)15-27-30(36)34-28(26-17-23-11-7-8-12-24(23)18-26)32(38)35(27)29(31(37)33-20(3)4)25-14-13-21-9-5-6-10-22(21)16-25/h5-14,16,19-20,26-29H,15,17-18H2,1-4H3,(H,33,37)(H,34,36). The highest BCUT2D eigenvalue weighted by molar-refractivity contribution is 6.00. The predicted octanol–water partition coefficient (Wildman–Crippen LogP) is 4.56. The van der Waals surface area contributed by atoms with Gasteiger partial charge in [0.2, 0.25) is 17.7 Å². The Balaban J connectivity index is 1.58. The number of amides is 3. The number of hydrogen-bond donors (Lipinski definition) is 2. The summed E-state index contributed by atoms with van der Waals surface area (Å²) < 4.78 is 0. The monoisotopic (exact) mass is 511 g/mol. The maximum Gasteiger partial charge on any atom is 0.247 e. The van der Waals surface area contributed by atoms with Crippen LogP contribution >= 0.6 is 0 Å². The van der Waals surface area contributed by atoms with Crippen LogP contribution in [0.25, 0.3) is 10.8 Å². The van der Waals surface area contributed by atoms with E-state index < -0.39 is 18.1 Å². The second kappa shape index (κ2) is 10.6. The van der Waals surface area contributed by atoms with Crippen molar-refractivity contribution >= 4 is 28.5 Å². The number of fused-ring (bicyclic) bond motifs is 2. The molecule has 0 aromatic heterocycles. The Morgan fingerprint density at radius 3 is 2.18 bits per heavy atom. The molecule has 5 rings (SSSR count). The molecule has 0 bridgehead atoms. The van der Waals surface area contributed by atoms with Crippen LogP contribution in [0.15, 0.2) is 66.7 Å². The van der Waals surface area contributed by atoms with Gasteiger partial charge in [0.25, 0.3) is 0 Å². The van der Waals surface area contributed by atoms with E-state index in [9.17, 15) is 14.4 Å². The first-order valence-electron chi connectivity index (χ1n) is 13.7. The molecule has 1 aliphatic carbocycles. The van der Waals surface area contributed by atoms with Crippen LogP contribution in [-0.4, -0.2) is 40.7 Å². The lowest BCUT2D eigenvalue weighted by Crippen LogP contribution is -2.67. The molecule has 1 aliphatic heterocycles. The van der Waals surface area contributed by atoms with Crippen LogP contribution in [0.2, 0.25) is 0 Å². The molecule has 3 amide bonds. The van der Waals surface area contributed by atoms with Gasteiger partial charge in [-0.1, -0.05) is 74.5 Å². The number of piperazine rings is 1. The van der Waals surface area contributed by atoms with E-state index >= 15 is 0 Å². The van der Waals surface area contributed by atoms with Crippen molar-refractivity contribution in [1.82, 2.24) is 15.5 Å². The normalized spacial score (nSPS) is 20.6. The fraction of sp³-hybridized carbons (Fsp3) is 0.406. The summed E-state index contributed by atoms with van der Waals surface area (Å²) >= 11 is 0. The summed E-state index contributed by atoms with van der Waals surface area (Å²) in [6.45, 7) is 7.89. The van der Waals surface area contributed by atoms with Gasteiger partial charge in [-0.15, -0.1) is 0 Å². The van der Waals surface area contributed by atoms with Crippen LogP contribution in [-0.2, 0) is 27.2 Å². The molecule has 0 radical (unpaired) electrons. The molecular weight excluding hydrogens is 474 g/mol. The third-order valence-corrected chi connectivity index (χ3v) is 7.75. The van der Waals surface area contributed by atoms with E-state index in [1.807, 2.05) is 82.3 Å². The summed E-state index contributed by atoms with van der Waals surface area (Å²) in [5, 5.41) is 8.16. The van der Waals surface area contributed by atoms with Crippen LogP contribution < -0.4 is 10.6 Å². The average Bonchev–Trinajstić information content (AvgIpc) is 3.31. The topological polar surface area (TPSA) is 78.5 Å². The van der Waals surface area contributed by atoms with Gasteiger partial charge >= 0.3 is 0 Å². The summed E-state index contributed by atoms with van der Waals surface area (Å²) in [6.07, 6.45) is 1.94. The largest absolute Gasteiger partial charge is 0.352 e. The minimum atomic E-state index is -0.907. The lowest BCUT2D eigenvalue weighted by Gasteiger charge is -2.45. The molecule has 1 heterocycles. The summed E-state index contributed by atoms with van der Waals surface area (Å²) in [7, 11) is 0. The van der Waals surface area contributed by atoms with Gasteiger partial charge in [-0.2, -0.15) is 0 Å². The molecule has 1 fully saturated rings. The van der Waals surface area contributed by atoms with Gasteiger partial charge in [0.05, 0.1) is 0 Å².